The Morgan fingerprint density at radius 1 is 1.25 bits per heavy atom. The van der Waals surface area contributed by atoms with Crippen LogP contribution < -0.4 is 56.1 Å². The number of hydrogen-bond acceptors (Lipinski definition) is 3. The number of carboxylic acids is 1. The van der Waals surface area contributed by atoms with Crippen molar-refractivity contribution in [2.45, 2.75) is 6.61 Å². The van der Waals surface area contributed by atoms with Crippen molar-refractivity contribution in [1.29, 1.82) is 5.26 Å². The van der Waals surface area contributed by atoms with E-state index in [4.69, 9.17) is 9.84 Å². The summed E-state index contributed by atoms with van der Waals surface area (Å²) in [6.45, 7) is 3.82. The van der Waals surface area contributed by atoms with Gasteiger partial charge in [0.2, 0.25) is 5.97 Å². The summed E-state index contributed by atoms with van der Waals surface area (Å²) in [6, 6.07) is 17.4. The van der Waals surface area contributed by atoms with Crippen LogP contribution in [-0.4, -0.2) is 15.6 Å². The molecule has 0 saturated heterocycles. The van der Waals surface area contributed by atoms with Crippen LogP contribution >= 0.6 is 0 Å². The minimum atomic E-state index is -1.10. The molecule has 5 nitrogen and oxygen atoms in total. The molecule has 0 unspecified atom stereocenters. The number of carboxylic acid groups (broad SMARTS) is 1. The average molecular weight is 395 g/mol. The van der Waals surface area contributed by atoms with Crippen LogP contribution in [0.25, 0.3) is 10.9 Å². The Bertz CT molecular complexity index is 1080. The number of fused-ring (bicyclic) bond motifs is 1. The number of benzene rings is 2. The molecule has 3 rings (SSSR count). The van der Waals surface area contributed by atoms with Gasteiger partial charge < -0.3 is 19.2 Å². The predicted molar refractivity (Wildman–Crippen MR) is 102 cm³/mol. The number of carbonyl (C=O) groups is 1. The van der Waals surface area contributed by atoms with Gasteiger partial charge in [0.25, 0.3) is 0 Å². The van der Waals surface area contributed by atoms with E-state index in [1.165, 1.54) is 12.2 Å². The second-order valence-corrected chi connectivity index (χ2v) is 5.74. The van der Waals surface area contributed by atoms with E-state index in [0.29, 0.717) is 23.3 Å². The summed E-state index contributed by atoms with van der Waals surface area (Å²) in [5, 5.41) is 19.0. The van der Waals surface area contributed by atoms with Crippen molar-refractivity contribution >= 4 is 16.9 Å². The van der Waals surface area contributed by atoms with E-state index in [1.54, 1.807) is 10.8 Å². The topological polar surface area (TPSA) is 75.2 Å². The molecule has 0 radical (unpaired) electrons. The standard InChI is InChI=1S/C22H16N2O3.K/c1-16(22(25)26)7-6-12-24-14-18(13-23)21-19(24)10-5-11-20(21)27-15-17-8-3-2-4-9-17;/h2-11,14H,1,15H2,(H,25,26);/q-2;+1/b16-7+;. The first-order valence-corrected chi connectivity index (χ1v) is 8.16. The molecule has 3 aromatic rings. The van der Waals surface area contributed by atoms with Crippen LogP contribution in [0.4, 0.5) is 0 Å². The van der Waals surface area contributed by atoms with Crippen LogP contribution in [-0.2, 0) is 11.4 Å². The van der Waals surface area contributed by atoms with Gasteiger partial charge in [-0.2, -0.15) is 12.2 Å². The minimum Gasteiger partial charge on any atom is -0.535 e. The van der Waals surface area contributed by atoms with Crippen molar-refractivity contribution in [3.8, 4) is 11.8 Å². The monoisotopic (exact) mass is 395 g/mol. The largest absolute Gasteiger partial charge is 1.00 e. The first-order chi connectivity index (χ1) is 13.1. The van der Waals surface area contributed by atoms with E-state index < -0.39 is 5.97 Å². The Balaban J connectivity index is 0.00000280. The Morgan fingerprint density at radius 3 is 2.68 bits per heavy atom. The minimum absolute atomic E-state index is 0. The smallest absolute Gasteiger partial charge is 0.535 e. The Morgan fingerprint density at radius 2 is 2.00 bits per heavy atom. The molecule has 6 heteroatoms. The summed E-state index contributed by atoms with van der Waals surface area (Å²) >= 11 is 0. The molecule has 0 saturated carbocycles. The van der Waals surface area contributed by atoms with Crippen LogP contribution in [0.2, 0.25) is 0 Å². The third-order valence-corrected chi connectivity index (χ3v) is 3.92. The first-order valence-electron chi connectivity index (χ1n) is 8.16. The van der Waals surface area contributed by atoms with E-state index in [1.807, 2.05) is 48.5 Å². The molecular weight excluding hydrogens is 379 g/mol. The number of rotatable bonds is 6. The molecule has 0 fully saturated rings. The molecule has 0 aliphatic rings. The summed E-state index contributed by atoms with van der Waals surface area (Å²) in [6.07, 6.45) is 7.36. The van der Waals surface area contributed by atoms with E-state index in [0.717, 1.165) is 11.1 Å². The second kappa shape index (κ2) is 10.3. The first kappa shape index (κ1) is 22.0. The molecule has 1 heterocycles. The molecule has 0 aliphatic carbocycles. The molecule has 0 bridgehead atoms. The van der Waals surface area contributed by atoms with Gasteiger partial charge >= 0.3 is 51.4 Å². The van der Waals surface area contributed by atoms with Gasteiger partial charge in [0.15, 0.2) is 0 Å². The van der Waals surface area contributed by atoms with Crippen LogP contribution in [0, 0.1) is 24.5 Å². The molecule has 0 aliphatic heterocycles. The maximum atomic E-state index is 10.8. The molecule has 134 valence electrons. The van der Waals surface area contributed by atoms with Crippen molar-refractivity contribution in [3.63, 3.8) is 0 Å². The fourth-order valence-corrected chi connectivity index (χ4v) is 2.59. The fraction of sp³-hybridized carbons (Fsp3) is 0.0455. The number of nitrogens with zero attached hydrogens (tertiary/aromatic N) is 2. The predicted octanol–water partition coefficient (Wildman–Crippen LogP) is 1.11. The van der Waals surface area contributed by atoms with Crippen LogP contribution in [0.15, 0.2) is 72.5 Å². The van der Waals surface area contributed by atoms with Crippen LogP contribution in [0.3, 0.4) is 0 Å². The quantitative estimate of drug-likeness (QED) is 0.294. The number of ether oxygens (including phenoxy) is 1. The van der Waals surface area contributed by atoms with Gasteiger partial charge in [-0.25, -0.2) is 0 Å². The van der Waals surface area contributed by atoms with Gasteiger partial charge in [-0.05, 0) is 17.1 Å². The SMILES string of the molecule is [CH2-]/C(=C\C=[C-]n1cc(C#N)c2c(OCc3ccccc3)cccc21)C(=O)O.[K+]. The third kappa shape index (κ3) is 5.16. The van der Waals surface area contributed by atoms with Gasteiger partial charge in [-0.15, -0.1) is 12.2 Å². The van der Waals surface area contributed by atoms with Crippen LogP contribution in [0.5, 0.6) is 5.75 Å². The average Bonchev–Trinajstić information content (AvgIpc) is 3.05. The van der Waals surface area contributed by atoms with E-state index in [-0.39, 0.29) is 57.0 Å². The maximum Gasteiger partial charge on any atom is 1.00 e. The summed E-state index contributed by atoms with van der Waals surface area (Å²) in [4.78, 5) is 10.8. The Hall–Kier alpha value is -2.27. The molecule has 0 atom stereocenters. The number of aromatic nitrogens is 1. The number of aliphatic carboxylic acids is 1. The van der Waals surface area contributed by atoms with Crippen molar-refractivity contribution < 1.29 is 66.0 Å². The molecule has 1 aromatic heterocycles. The molecule has 2 aromatic carbocycles. The van der Waals surface area contributed by atoms with Crippen LogP contribution in [0.1, 0.15) is 11.1 Å². The summed E-state index contributed by atoms with van der Waals surface area (Å²) in [7, 11) is 0. The van der Waals surface area contributed by atoms with E-state index >= 15 is 0 Å². The van der Waals surface area contributed by atoms with Gasteiger partial charge in [0.1, 0.15) is 12.4 Å². The van der Waals surface area contributed by atoms with E-state index in [9.17, 15) is 10.1 Å². The van der Waals surface area contributed by atoms with Gasteiger partial charge in [0, 0.05) is 10.9 Å². The molecule has 1 N–H and O–H groups in total. The Kier molecular flexibility index (Phi) is 8.12. The number of hydrogen-bond donors (Lipinski definition) is 1. The summed E-state index contributed by atoms with van der Waals surface area (Å²) < 4.78 is 7.57. The maximum absolute atomic E-state index is 10.8. The van der Waals surface area contributed by atoms with Crippen molar-refractivity contribution in [2.75, 3.05) is 0 Å². The molecule has 28 heavy (non-hydrogen) atoms. The molecular formula is C22H16KN2O3-. The van der Waals surface area contributed by atoms with Crippen molar-refractivity contribution in [2.24, 2.45) is 0 Å². The Labute approximate surface area is 206 Å². The zero-order valence-electron chi connectivity index (χ0n) is 15.4. The molecule has 0 spiro atoms. The summed E-state index contributed by atoms with van der Waals surface area (Å²) in [5.74, 6) is -0.493. The van der Waals surface area contributed by atoms with Gasteiger partial charge in [0.05, 0.1) is 6.07 Å². The fourth-order valence-electron chi connectivity index (χ4n) is 2.59. The van der Waals surface area contributed by atoms with Gasteiger partial charge in [-0.1, -0.05) is 60.4 Å². The zero-order valence-corrected chi connectivity index (χ0v) is 18.5. The number of nitriles is 1. The van der Waals surface area contributed by atoms with E-state index in [2.05, 4.69) is 19.2 Å². The number of allylic oxidation sites excluding steroid dienone is 2. The normalized spacial score (nSPS) is 11.2. The van der Waals surface area contributed by atoms with Crippen molar-refractivity contribution in [3.05, 3.63) is 96.7 Å². The summed E-state index contributed by atoms with van der Waals surface area (Å²) in [5.41, 5.74) is 2.17. The zero-order chi connectivity index (χ0) is 19.2. The molecule has 0 amide bonds. The van der Waals surface area contributed by atoms with Gasteiger partial charge in [-0.3, -0.25) is 0 Å². The van der Waals surface area contributed by atoms with Crippen molar-refractivity contribution in [1.82, 2.24) is 4.57 Å². The third-order valence-electron chi connectivity index (χ3n) is 3.92. The second-order valence-electron chi connectivity index (χ2n) is 5.74.